The number of furan rings is 2. The van der Waals surface area contributed by atoms with Crippen LogP contribution in [0.25, 0.3) is 81.7 Å². The van der Waals surface area contributed by atoms with Crippen LogP contribution in [-0.2, 0) is 10.8 Å². The summed E-state index contributed by atoms with van der Waals surface area (Å²) < 4.78 is 13.4. The highest BCUT2D eigenvalue weighted by Crippen LogP contribution is 2.58. The molecule has 0 unspecified atom stereocenters. The van der Waals surface area contributed by atoms with E-state index in [9.17, 15) is 5.26 Å². The second-order valence-corrected chi connectivity index (χ2v) is 20.2. The summed E-state index contributed by atoms with van der Waals surface area (Å²) in [6.45, 7) is 17.2. The Balaban J connectivity index is 0.936. The molecule has 340 valence electrons. The molecule has 0 saturated carbocycles. The van der Waals surface area contributed by atoms with E-state index in [1.807, 2.05) is 72.8 Å². The summed E-state index contributed by atoms with van der Waals surface area (Å²) in [4.78, 5) is 8.30. The molecular formula is C66H44N4O2. The highest BCUT2D eigenvalue weighted by Gasteiger charge is 2.41. The van der Waals surface area contributed by atoms with Gasteiger partial charge in [0.05, 0.1) is 35.3 Å². The Morgan fingerprint density at radius 1 is 0.431 bits per heavy atom. The summed E-state index contributed by atoms with van der Waals surface area (Å²) in [7, 11) is 0. The van der Waals surface area contributed by atoms with Crippen molar-refractivity contribution in [3.05, 3.63) is 233 Å². The number of nitrogens with zero attached hydrogens (tertiary/aromatic N) is 4. The average Bonchev–Trinajstić information content (AvgIpc) is 4.06. The van der Waals surface area contributed by atoms with Crippen molar-refractivity contribution >= 4 is 94.5 Å². The molecule has 0 saturated heterocycles. The first-order valence-corrected chi connectivity index (χ1v) is 24.4. The number of benzene rings is 10. The van der Waals surface area contributed by atoms with Gasteiger partial charge in [0.1, 0.15) is 11.2 Å². The fraction of sp³-hybridized carbons (Fsp3) is 0.0909. The van der Waals surface area contributed by atoms with Gasteiger partial charge in [-0.2, -0.15) is 5.26 Å². The van der Waals surface area contributed by atoms with Crippen LogP contribution >= 0.6 is 0 Å². The number of hydrogen-bond acceptors (Lipinski definition) is 5. The number of para-hydroxylation sites is 4. The molecule has 12 aromatic rings. The van der Waals surface area contributed by atoms with Crippen LogP contribution < -0.4 is 9.80 Å². The molecule has 2 aromatic heterocycles. The zero-order valence-corrected chi connectivity index (χ0v) is 40.1. The van der Waals surface area contributed by atoms with E-state index in [0.29, 0.717) is 11.3 Å². The van der Waals surface area contributed by atoms with E-state index in [2.05, 4.69) is 170 Å². The first kappa shape index (κ1) is 41.6. The first-order valence-electron chi connectivity index (χ1n) is 24.4. The molecule has 2 aliphatic rings. The van der Waals surface area contributed by atoms with Gasteiger partial charge < -0.3 is 18.6 Å². The number of nitriles is 1. The van der Waals surface area contributed by atoms with E-state index in [4.69, 9.17) is 15.4 Å². The van der Waals surface area contributed by atoms with Crippen LogP contribution in [0.4, 0.5) is 39.8 Å². The molecule has 0 atom stereocenters. The Kier molecular flexibility index (Phi) is 8.71. The summed E-state index contributed by atoms with van der Waals surface area (Å²) in [5.74, 6) is 0. The smallest absolute Gasteiger partial charge is 0.187 e. The van der Waals surface area contributed by atoms with Crippen molar-refractivity contribution in [2.24, 2.45) is 0 Å². The topological polar surface area (TPSA) is 60.9 Å². The molecule has 0 fully saturated rings. The maximum atomic E-state index is 9.77. The molecule has 72 heavy (non-hydrogen) atoms. The lowest BCUT2D eigenvalue weighted by atomic mass is 9.67. The Hall–Kier alpha value is -9.36. The Morgan fingerprint density at radius 3 is 1.57 bits per heavy atom. The maximum Gasteiger partial charge on any atom is 0.187 e. The summed E-state index contributed by atoms with van der Waals surface area (Å²) in [6.07, 6.45) is 0. The second-order valence-electron chi connectivity index (χ2n) is 20.2. The minimum absolute atomic E-state index is 0.346. The van der Waals surface area contributed by atoms with Crippen molar-refractivity contribution in [1.82, 2.24) is 0 Å². The molecule has 6 nitrogen and oxygen atoms in total. The zero-order valence-electron chi connectivity index (χ0n) is 40.1. The third-order valence-corrected chi connectivity index (χ3v) is 15.7. The van der Waals surface area contributed by atoms with E-state index >= 15 is 0 Å². The van der Waals surface area contributed by atoms with Gasteiger partial charge in [0, 0.05) is 54.8 Å². The number of fused-ring (bicyclic) bond motifs is 11. The molecule has 0 bridgehead atoms. The molecule has 0 radical (unpaired) electrons. The first-order chi connectivity index (χ1) is 35.1. The van der Waals surface area contributed by atoms with Crippen molar-refractivity contribution in [2.75, 3.05) is 9.80 Å². The van der Waals surface area contributed by atoms with Crippen LogP contribution in [-0.4, -0.2) is 0 Å². The van der Waals surface area contributed by atoms with Gasteiger partial charge in [-0.3, -0.25) is 0 Å². The van der Waals surface area contributed by atoms with Crippen LogP contribution in [0.5, 0.6) is 0 Å². The van der Waals surface area contributed by atoms with Gasteiger partial charge in [-0.15, -0.1) is 0 Å². The van der Waals surface area contributed by atoms with E-state index in [1.54, 1.807) is 0 Å². The van der Waals surface area contributed by atoms with E-state index in [-0.39, 0.29) is 10.8 Å². The summed E-state index contributed by atoms with van der Waals surface area (Å²) in [5, 5.41) is 16.4. The maximum absolute atomic E-state index is 9.77. The van der Waals surface area contributed by atoms with Gasteiger partial charge in [0.15, 0.2) is 16.9 Å². The lowest BCUT2D eigenvalue weighted by molar-refractivity contribution is 0.639. The summed E-state index contributed by atoms with van der Waals surface area (Å²) in [6, 6.07) is 70.4. The largest absolute Gasteiger partial charge is 0.454 e. The van der Waals surface area contributed by atoms with Gasteiger partial charge in [0.2, 0.25) is 0 Å². The summed E-state index contributed by atoms with van der Waals surface area (Å²) in [5.41, 5.74) is 19.7. The molecule has 0 amide bonds. The molecular weight excluding hydrogens is 881 g/mol. The van der Waals surface area contributed by atoms with Gasteiger partial charge in [-0.1, -0.05) is 131 Å². The van der Waals surface area contributed by atoms with Crippen LogP contribution in [0.3, 0.4) is 0 Å². The third kappa shape index (κ3) is 5.81. The minimum atomic E-state index is -0.350. The van der Waals surface area contributed by atoms with Crippen LogP contribution in [0, 0.1) is 17.9 Å². The number of rotatable bonds is 6. The molecule has 0 N–H and O–H groups in total. The lowest BCUT2D eigenvalue weighted by Crippen LogP contribution is -2.25. The highest BCUT2D eigenvalue weighted by molar-refractivity contribution is 6.15. The van der Waals surface area contributed by atoms with Crippen molar-refractivity contribution in [1.29, 1.82) is 5.26 Å². The molecule has 0 spiro atoms. The predicted octanol–water partition coefficient (Wildman–Crippen LogP) is 18.6. The van der Waals surface area contributed by atoms with Gasteiger partial charge >= 0.3 is 0 Å². The molecule has 0 aliphatic heterocycles. The third-order valence-electron chi connectivity index (χ3n) is 15.7. The van der Waals surface area contributed by atoms with Crippen LogP contribution in [0.15, 0.2) is 203 Å². The van der Waals surface area contributed by atoms with Gasteiger partial charge in [-0.25, -0.2) is 4.85 Å². The lowest BCUT2D eigenvalue weighted by Gasteiger charge is -2.37. The van der Waals surface area contributed by atoms with Gasteiger partial charge in [0.25, 0.3) is 0 Å². The molecule has 6 heteroatoms. The quantitative estimate of drug-likeness (QED) is 0.156. The van der Waals surface area contributed by atoms with Crippen molar-refractivity contribution in [3.63, 3.8) is 0 Å². The summed E-state index contributed by atoms with van der Waals surface area (Å²) >= 11 is 0. The van der Waals surface area contributed by atoms with Crippen molar-refractivity contribution in [2.45, 2.75) is 38.5 Å². The van der Waals surface area contributed by atoms with Crippen LogP contribution in [0.1, 0.15) is 55.5 Å². The monoisotopic (exact) mass is 924 g/mol. The standard InChI is InChI=1S/C66H44N4O2/c1-65(2)53-18-10-17-50-57(70(42-29-25-40(68-5)26-30-42)59-20-12-16-49-46-14-7-9-22-61(46)72-64(49)59)34-33-47(62(50)53)52-37-55-51(36-56(52)65)44-32-31-43(35-54(44)66(55,3)4)69(41-27-23-39(38-67)24-28-41)58-19-11-15-48-45-13-6-8-21-60(45)71-63(48)58/h6-37H,1-4H3. The normalized spacial score (nSPS) is 13.8. The average molecular weight is 925 g/mol. The second kappa shape index (κ2) is 15.1. The zero-order chi connectivity index (χ0) is 48.6. The van der Waals surface area contributed by atoms with Gasteiger partial charge in [-0.05, 0) is 141 Å². The van der Waals surface area contributed by atoms with E-state index < -0.39 is 0 Å². The van der Waals surface area contributed by atoms with E-state index in [0.717, 1.165) is 83.4 Å². The highest BCUT2D eigenvalue weighted by atomic mass is 16.3. The fourth-order valence-electron chi connectivity index (χ4n) is 12.1. The predicted molar refractivity (Wildman–Crippen MR) is 294 cm³/mol. The Labute approximate surface area is 416 Å². The molecule has 2 aliphatic carbocycles. The van der Waals surface area contributed by atoms with Crippen molar-refractivity contribution in [3.8, 4) is 28.3 Å². The SMILES string of the molecule is [C-]#[N+]c1ccc(N(c2ccc3c4c(cccc24)C(C)(C)c2cc4c(cc2-3)C(C)(C)c2cc(N(c3ccc(C#N)cc3)c3cccc5c3oc3ccccc35)ccc2-4)c2cccc3c2oc2ccccc23)cc1. The molecule has 10 aromatic carbocycles. The van der Waals surface area contributed by atoms with Crippen LogP contribution in [0.2, 0.25) is 0 Å². The Morgan fingerprint density at radius 2 is 0.931 bits per heavy atom. The van der Waals surface area contributed by atoms with E-state index in [1.165, 1.54) is 49.9 Å². The Bertz CT molecular complexity index is 4370. The number of hydrogen-bond donors (Lipinski definition) is 0. The fourth-order valence-corrected chi connectivity index (χ4v) is 12.1. The molecule has 2 heterocycles. The molecule has 14 rings (SSSR count). The van der Waals surface area contributed by atoms with Crippen molar-refractivity contribution < 1.29 is 8.83 Å². The number of anilines is 6. The minimum Gasteiger partial charge on any atom is -0.454 e.